The molecule has 94 valence electrons. The van der Waals surface area contributed by atoms with Crippen molar-refractivity contribution in [3.05, 3.63) is 35.6 Å². The molecule has 2 rings (SSSR count). The van der Waals surface area contributed by atoms with E-state index in [0.717, 1.165) is 6.54 Å². The van der Waals surface area contributed by atoms with Crippen molar-refractivity contribution < 1.29 is 4.39 Å². The Morgan fingerprint density at radius 1 is 1.24 bits per heavy atom. The first kappa shape index (κ1) is 12.6. The predicted molar refractivity (Wildman–Crippen MR) is 69.4 cm³/mol. The molecular formula is C15H22FN. The largest absolute Gasteiger partial charge is 0.296 e. The van der Waals surface area contributed by atoms with Crippen LogP contribution in [0.3, 0.4) is 0 Å². The van der Waals surface area contributed by atoms with E-state index in [4.69, 9.17) is 0 Å². The molecule has 1 fully saturated rings. The van der Waals surface area contributed by atoms with E-state index in [9.17, 15) is 4.39 Å². The number of piperidine rings is 1. The molecule has 1 atom stereocenters. The molecule has 0 spiro atoms. The summed E-state index contributed by atoms with van der Waals surface area (Å²) in [5, 5.41) is 0. The second-order valence-corrected chi connectivity index (χ2v) is 5.45. The van der Waals surface area contributed by atoms with Crippen LogP contribution in [0, 0.1) is 11.7 Å². The lowest BCUT2D eigenvalue weighted by atomic mass is 9.94. The summed E-state index contributed by atoms with van der Waals surface area (Å²) in [6.45, 7) is 6.84. The lowest BCUT2D eigenvalue weighted by molar-refractivity contribution is 0.132. The van der Waals surface area contributed by atoms with Gasteiger partial charge in [0, 0.05) is 12.6 Å². The fourth-order valence-electron chi connectivity index (χ4n) is 2.74. The first-order valence-electron chi connectivity index (χ1n) is 6.66. The second-order valence-electron chi connectivity index (χ2n) is 5.45. The number of likely N-dealkylation sites (tertiary alicyclic amines) is 1. The van der Waals surface area contributed by atoms with Crippen LogP contribution >= 0.6 is 0 Å². The van der Waals surface area contributed by atoms with Crippen LogP contribution in [-0.2, 0) is 0 Å². The molecule has 1 saturated heterocycles. The molecule has 0 unspecified atom stereocenters. The Morgan fingerprint density at radius 2 is 1.94 bits per heavy atom. The van der Waals surface area contributed by atoms with Crippen molar-refractivity contribution in [2.24, 2.45) is 5.92 Å². The summed E-state index contributed by atoms with van der Waals surface area (Å²) in [6, 6.07) is 7.54. The van der Waals surface area contributed by atoms with Gasteiger partial charge in [-0.05, 0) is 43.0 Å². The van der Waals surface area contributed by atoms with Crippen molar-refractivity contribution in [2.45, 2.75) is 39.2 Å². The highest BCUT2D eigenvalue weighted by atomic mass is 19.1. The molecule has 2 heteroatoms. The monoisotopic (exact) mass is 235 g/mol. The summed E-state index contributed by atoms with van der Waals surface area (Å²) in [6.07, 6.45) is 3.79. The van der Waals surface area contributed by atoms with E-state index in [1.54, 1.807) is 12.1 Å². The molecular weight excluding hydrogens is 213 g/mol. The normalized spacial score (nSPS) is 22.0. The van der Waals surface area contributed by atoms with Crippen molar-refractivity contribution in [3.63, 3.8) is 0 Å². The number of hydrogen-bond acceptors (Lipinski definition) is 1. The Morgan fingerprint density at radius 3 is 2.59 bits per heavy atom. The topological polar surface area (TPSA) is 3.24 Å². The quantitative estimate of drug-likeness (QED) is 0.765. The van der Waals surface area contributed by atoms with Gasteiger partial charge in [-0.3, -0.25) is 4.90 Å². The molecule has 1 aromatic carbocycles. The van der Waals surface area contributed by atoms with Gasteiger partial charge in [-0.1, -0.05) is 32.4 Å². The Bertz CT molecular complexity index is 344. The number of hydrogen-bond donors (Lipinski definition) is 0. The summed E-state index contributed by atoms with van der Waals surface area (Å²) in [7, 11) is 0. The maximum Gasteiger partial charge on any atom is 0.123 e. The summed E-state index contributed by atoms with van der Waals surface area (Å²) >= 11 is 0. The Balaban J connectivity index is 2.12. The third-order valence-electron chi connectivity index (χ3n) is 3.47. The maximum atomic E-state index is 12.9. The van der Waals surface area contributed by atoms with E-state index in [2.05, 4.69) is 18.7 Å². The molecule has 1 nitrogen and oxygen atoms in total. The highest BCUT2D eigenvalue weighted by Gasteiger charge is 2.24. The zero-order valence-electron chi connectivity index (χ0n) is 10.8. The van der Waals surface area contributed by atoms with Crippen LogP contribution in [0.5, 0.6) is 0 Å². The first-order valence-corrected chi connectivity index (χ1v) is 6.66. The lowest BCUT2D eigenvalue weighted by Crippen LogP contribution is -2.36. The fourth-order valence-corrected chi connectivity index (χ4v) is 2.74. The zero-order chi connectivity index (χ0) is 12.3. The van der Waals surface area contributed by atoms with Gasteiger partial charge >= 0.3 is 0 Å². The van der Waals surface area contributed by atoms with Crippen molar-refractivity contribution >= 4 is 0 Å². The van der Waals surface area contributed by atoms with Crippen LogP contribution in [0.1, 0.15) is 44.7 Å². The van der Waals surface area contributed by atoms with Crippen molar-refractivity contribution in [1.82, 2.24) is 4.90 Å². The van der Waals surface area contributed by atoms with Gasteiger partial charge in [0.2, 0.25) is 0 Å². The van der Waals surface area contributed by atoms with Gasteiger partial charge in [-0.15, -0.1) is 0 Å². The third-order valence-corrected chi connectivity index (χ3v) is 3.47. The average molecular weight is 235 g/mol. The standard InChI is InChI=1S/C15H22FN/c1-12(2)11-17-10-4-3-5-15(17)13-6-8-14(16)9-7-13/h6-9,12,15H,3-5,10-11H2,1-2H3/t15-/m0/s1. The van der Waals surface area contributed by atoms with E-state index in [1.165, 1.54) is 31.4 Å². The summed E-state index contributed by atoms with van der Waals surface area (Å²) < 4.78 is 12.9. The van der Waals surface area contributed by atoms with Gasteiger partial charge in [0.05, 0.1) is 0 Å². The van der Waals surface area contributed by atoms with Gasteiger partial charge < -0.3 is 0 Å². The molecule has 0 aliphatic carbocycles. The minimum Gasteiger partial charge on any atom is -0.296 e. The molecule has 1 aliphatic heterocycles. The van der Waals surface area contributed by atoms with Gasteiger partial charge in [0.15, 0.2) is 0 Å². The van der Waals surface area contributed by atoms with E-state index >= 15 is 0 Å². The molecule has 17 heavy (non-hydrogen) atoms. The van der Waals surface area contributed by atoms with E-state index in [1.807, 2.05) is 12.1 Å². The Labute approximate surface area is 104 Å². The number of benzene rings is 1. The number of nitrogens with zero attached hydrogens (tertiary/aromatic N) is 1. The van der Waals surface area contributed by atoms with Crippen molar-refractivity contribution in [1.29, 1.82) is 0 Å². The molecule has 0 radical (unpaired) electrons. The van der Waals surface area contributed by atoms with Crippen LogP contribution in [0.15, 0.2) is 24.3 Å². The first-order chi connectivity index (χ1) is 8.16. The van der Waals surface area contributed by atoms with Crippen LogP contribution in [0.2, 0.25) is 0 Å². The molecule has 0 aromatic heterocycles. The van der Waals surface area contributed by atoms with E-state index in [0.29, 0.717) is 12.0 Å². The fraction of sp³-hybridized carbons (Fsp3) is 0.600. The smallest absolute Gasteiger partial charge is 0.123 e. The molecule has 0 N–H and O–H groups in total. The van der Waals surface area contributed by atoms with Gasteiger partial charge in [0.1, 0.15) is 5.82 Å². The average Bonchev–Trinajstić information content (AvgIpc) is 2.30. The molecule has 1 heterocycles. The summed E-state index contributed by atoms with van der Waals surface area (Å²) in [5.74, 6) is 0.552. The molecule has 0 bridgehead atoms. The van der Waals surface area contributed by atoms with Crippen molar-refractivity contribution in [3.8, 4) is 0 Å². The van der Waals surface area contributed by atoms with Gasteiger partial charge in [0.25, 0.3) is 0 Å². The summed E-state index contributed by atoms with van der Waals surface area (Å²) in [5.41, 5.74) is 1.27. The summed E-state index contributed by atoms with van der Waals surface area (Å²) in [4.78, 5) is 2.56. The number of halogens is 1. The Kier molecular flexibility index (Phi) is 4.16. The molecule has 1 aromatic rings. The number of rotatable bonds is 3. The Hall–Kier alpha value is -0.890. The zero-order valence-corrected chi connectivity index (χ0v) is 10.8. The van der Waals surface area contributed by atoms with E-state index in [-0.39, 0.29) is 5.82 Å². The second kappa shape index (κ2) is 5.63. The predicted octanol–water partition coefficient (Wildman–Crippen LogP) is 4.01. The van der Waals surface area contributed by atoms with Crippen LogP contribution in [0.25, 0.3) is 0 Å². The molecule has 1 aliphatic rings. The van der Waals surface area contributed by atoms with Crippen molar-refractivity contribution in [2.75, 3.05) is 13.1 Å². The SMILES string of the molecule is CC(C)CN1CCCC[C@H]1c1ccc(F)cc1. The molecule has 0 amide bonds. The highest BCUT2D eigenvalue weighted by Crippen LogP contribution is 2.31. The van der Waals surface area contributed by atoms with Crippen LogP contribution in [0.4, 0.5) is 4.39 Å². The minimum absolute atomic E-state index is 0.139. The van der Waals surface area contributed by atoms with E-state index < -0.39 is 0 Å². The maximum absolute atomic E-state index is 12.9. The van der Waals surface area contributed by atoms with Crippen LogP contribution in [-0.4, -0.2) is 18.0 Å². The van der Waals surface area contributed by atoms with Gasteiger partial charge in [-0.25, -0.2) is 4.39 Å². The van der Waals surface area contributed by atoms with Crippen LogP contribution < -0.4 is 0 Å². The minimum atomic E-state index is -0.139. The molecule has 0 saturated carbocycles. The third kappa shape index (κ3) is 3.29. The lowest BCUT2D eigenvalue weighted by Gasteiger charge is -2.37. The van der Waals surface area contributed by atoms with Gasteiger partial charge in [-0.2, -0.15) is 0 Å². The highest BCUT2D eigenvalue weighted by molar-refractivity contribution is 5.20.